The number of amides is 3. The Kier molecular flexibility index (Phi) is 5.79. The van der Waals surface area contributed by atoms with E-state index < -0.39 is 12.1 Å². The molecule has 1 fully saturated rings. The fourth-order valence-electron chi connectivity index (χ4n) is 2.14. The molecule has 1 heterocycles. The van der Waals surface area contributed by atoms with Crippen LogP contribution in [0, 0.1) is 5.92 Å². The van der Waals surface area contributed by atoms with Gasteiger partial charge in [-0.25, -0.2) is 4.79 Å². The molecule has 114 valence electrons. The van der Waals surface area contributed by atoms with Crippen LogP contribution in [0.3, 0.4) is 0 Å². The quantitative estimate of drug-likeness (QED) is 0.750. The minimum Gasteiger partial charge on any atom is -0.453 e. The lowest BCUT2D eigenvalue weighted by Gasteiger charge is -2.43. The average molecular weight is 285 g/mol. The van der Waals surface area contributed by atoms with Gasteiger partial charge in [0.15, 0.2) is 0 Å². The summed E-state index contributed by atoms with van der Waals surface area (Å²) in [6.07, 6.45) is 0.480. The molecule has 1 aliphatic rings. The zero-order chi connectivity index (χ0) is 15.3. The van der Waals surface area contributed by atoms with Crippen molar-refractivity contribution >= 4 is 17.9 Å². The molecule has 1 saturated heterocycles. The summed E-state index contributed by atoms with van der Waals surface area (Å²) in [5.74, 6) is -0.303. The molecule has 2 atom stereocenters. The van der Waals surface area contributed by atoms with Crippen molar-refractivity contribution in [1.82, 2.24) is 15.5 Å². The van der Waals surface area contributed by atoms with Gasteiger partial charge in [-0.2, -0.15) is 0 Å². The van der Waals surface area contributed by atoms with Crippen molar-refractivity contribution in [3.63, 3.8) is 0 Å². The molecule has 0 radical (unpaired) electrons. The Morgan fingerprint density at radius 1 is 1.35 bits per heavy atom. The second-order valence-electron chi connectivity index (χ2n) is 5.21. The van der Waals surface area contributed by atoms with E-state index in [1.807, 2.05) is 13.8 Å². The summed E-state index contributed by atoms with van der Waals surface area (Å²) in [4.78, 5) is 36.7. The number of rotatable bonds is 5. The molecule has 1 rings (SSSR count). The number of hydrogen-bond donors (Lipinski definition) is 2. The average Bonchev–Trinajstić information content (AvgIpc) is 2.39. The Balaban J connectivity index is 2.65. The number of likely N-dealkylation sites (tertiary alicyclic amines) is 1. The van der Waals surface area contributed by atoms with Gasteiger partial charge in [-0.3, -0.25) is 9.59 Å². The highest BCUT2D eigenvalue weighted by atomic mass is 16.5. The maximum absolute atomic E-state index is 12.4. The van der Waals surface area contributed by atoms with Gasteiger partial charge in [-0.05, 0) is 12.3 Å². The van der Waals surface area contributed by atoms with Crippen molar-refractivity contribution in [2.45, 2.75) is 38.8 Å². The van der Waals surface area contributed by atoms with Gasteiger partial charge in [0.25, 0.3) is 0 Å². The largest absolute Gasteiger partial charge is 0.453 e. The van der Waals surface area contributed by atoms with Gasteiger partial charge in [0, 0.05) is 26.1 Å². The van der Waals surface area contributed by atoms with Crippen LogP contribution in [-0.4, -0.2) is 55.6 Å². The van der Waals surface area contributed by atoms with Crippen LogP contribution >= 0.6 is 0 Å². The Labute approximate surface area is 119 Å². The van der Waals surface area contributed by atoms with Crippen LogP contribution in [0.2, 0.25) is 0 Å². The number of carbonyl (C=O) groups is 3. The molecule has 2 N–H and O–H groups in total. The smallest absolute Gasteiger partial charge is 0.407 e. The first-order valence-electron chi connectivity index (χ1n) is 6.76. The summed E-state index contributed by atoms with van der Waals surface area (Å²) in [5, 5.41) is 5.10. The highest BCUT2D eigenvalue weighted by Crippen LogP contribution is 2.23. The van der Waals surface area contributed by atoms with Gasteiger partial charge in [-0.1, -0.05) is 13.8 Å². The van der Waals surface area contributed by atoms with Crippen molar-refractivity contribution in [2.24, 2.45) is 5.92 Å². The van der Waals surface area contributed by atoms with E-state index >= 15 is 0 Å². The number of nitrogens with zero attached hydrogens (tertiary/aromatic N) is 1. The molecule has 0 bridgehead atoms. The number of ether oxygens (including phenoxy) is 1. The van der Waals surface area contributed by atoms with Crippen LogP contribution in [0.4, 0.5) is 4.79 Å². The molecule has 0 unspecified atom stereocenters. The molecule has 1 aliphatic heterocycles. The molecular formula is C13H23N3O4. The molecule has 0 aromatic heterocycles. The molecule has 7 nitrogen and oxygen atoms in total. The molecule has 20 heavy (non-hydrogen) atoms. The molecule has 0 aliphatic carbocycles. The summed E-state index contributed by atoms with van der Waals surface area (Å²) in [6.45, 7) is 4.32. The van der Waals surface area contributed by atoms with Crippen LogP contribution in [0.15, 0.2) is 0 Å². The van der Waals surface area contributed by atoms with E-state index in [0.717, 1.165) is 6.42 Å². The number of nitrogens with one attached hydrogen (secondary N) is 2. The predicted molar refractivity (Wildman–Crippen MR) is 73.0 cm³/mol. The zero-order valence-corrected chi connectivity index (χ0v) is 12.4. The van der Waals surface area contributed by atoms with E-state index in [4.69, 9.17) is 0 Å². The highest BCUT2D eigenvalue weighted by Gasteiger charge is 2.38. The summed E-state index contributed by atoms with van der Waals surface area (Å²) in [5.41, 5.74) is 0. The van der Waals surface area contributed by atoms with Crippen molar-refractivity contribution in [3.05, 3.63) is 0 Å². The molecular weight excluding hydrogens is 262 g/mol. The van der Waals surface area contributed by atoms with Gasteiger partial charge in [-0.15, -0.1) is 0 Å². The lowest BCUT2D eigenvalue weighted by Crippen LogP contribution is -2.60. The summed E-state index contributed by atoms with van der Waals surface area (Å²) >= 11 is 0. The SMILES string of the molecule is CNC(=O)C[C@@H]1CCN1C(=O)[C@@H](NC(=O)OC)C(C)C. The van der Waals surface area contributed by atoms with E-state index in [1.165, 1.54) is 7.11 Å². The third kappa shape index (κ3) is 3.85. The lowest BCUT2D eigenvalue weighted by molar-refractivity contribution is -0.143. The van der Waals surface area contributed by atoms with Crippen molar-refractivity contribution < 1.29 is 19.1 Å². The van der Waals surface area contributed by atoms with E-state index in [2.05, 4.69) is 15.4 Å². The molecule has 0 aromatic carbocycles. The zero-order valence-electron chi connectivity index (χ0n) is 12.4. The molecule has 0 aromatic rings. The van der Waals surface area contributed by atoms with Crippen LogP contribution < -0.4 is 10.6 Å². The second-order valence-corrected chi connectivity index (χ2v) is 5.21. The van der Waals surface area contributed by atoms with E-state index in [9.17, 15) is 14.4 Å². The first-order valence-corrected chi connectivity index (χ1v) is 6.76. The van der Waals surface area contributed by atoms with Crippen LogP contribution in [0.1, 0.15) is 26.7 Å². The number of hydrogen-bond acceptors (Lipinski definition) is 4. The minimum absolute atomic E-state index is 0.0529. The van der Waals surface area contributed by atoms with Crippen molar-refractivity contribution in [3.8, 4) is 0 Å². The fourth-order valence-corrected chi connectivity index (χ4v) is 2.14. The summed E-state index contributed by atoms with van der Waals surface area (Å²) < 4.78 is 4.54. The van der Waals surface area contributed by atoms with E-state index in [1.54, 1.807) is 11.9 Å². The fraction of sp³-hybridized carbons (Fsp3) is 0.769. The van der Waals surface area contributed by atoms with Gasteiger partial charge in [0.05, 0.1) is 7.11 Å². The maximum atomic E-state index is 12.4. The van der Waals surface area contributed by atoms with Crippen molar-refractivity contribution in [2.75, 3.05) is 20.7 Å². The minimum atomic E-state index is -0.630. The van der Waals surface area contributed by atoms with Crippen molar-refractivity contribution in [1.29, 1.82) is 0 Å². The van der Waals surface area contributed by atoms with E-state index in [-0.39, 0.29) is 23.8 Å². The molecule has 0 saturated carbocycles. The number of alkyl carbamates (subject to hydrolysis) is 1. The van der Waals surface area contributed by atoms with E-state index in [0.29, 0.717) is 13.0 Å². The number of carbonyl (C=O) groups excluding carboxylic acids is 3. The van der Waals surface area contributed by atoms with Gasteiger partial charge >= 0.3 is 6.09 Å². The topological polar surface area (TPSA) is 87.7 Å². The first kappa shape index (κ1) is 16.3. The Hall–Kier alpha value is -1.79. The standard InChI is InChI=1S/C13H23N3O4/c1-8(2)11(15-13(19)20-4)12(18)16-6-5-9(16)7-10(17)14-3/h8-9,11H,5-7H2,1-4H3,(H,14,17)(H,15,19)/t9-,11-/m0/s1. The molecule has 7 heteroatoms. The lowest BCUT2D eigenvalue weighted by atomic mass is 9.94. The Morgan fingerprint density at radius 2 is 2.00 bits per heavy atom. The van der Waals surface area contributed by atoms with Gasteiger partial charge in [0.2, 0.25) is 11.8 Å². The van der Waals surface area contributed by atoms with Crippen LogP contribution in [0.5, 0.6) is 0 Å². The Bertz CT molecular complexity index is 384. The first-order chi connectivity index (χ1) is 9.40. The maximum Gasteiger partial charge on any atom is 0.407 e. The highest BCUT2D eigenvalue weighted by molar-refractivity contribution is 5.87. The predicted octanol–water partition coefficient (Wildman–Crippen LogP) is 0.104. The molecule has 0 spiro atoms. The second kappa shape index (κ2) is 7.12. The summed E-state index contributed by atoms with van der Waals surface area (Å²) in [7, 11) is 2.83. The van der Waals surface area contributed by atoms with Gasteiger partial charge < -0.3 is 20.3 Å². The molecule has 3 amide bonds. The van der Waals surface area contributed by atoms with Crippen LogP contribution in [0.25, 0.3) is 0 Å². The number of methoxy groups -OCH3 is 1. The third-order valence-electron chi connectivity index (χ3n) is 3.52. The van der Waals surface area contributed by atoms with Gasteiger partial charge in [0.1, 0.15) is 6.04 Å². The summed E-state index contributed by atoms with van der Waals surface area (Å²) in [6, 6.07) is -0.710. The normalized spacial score (nSPS) is 19.1. The third-order valence-corrected chi connectivity index (χ3v) is 3.52. The monoisotopic (exact) mass is 285 g/mol. The Morgan fingerprint density at radius 3 is 2.40 bits per heavy atom. The van der Waals surface area contributed by atoms with Crippen LogP contribution in [-0.2, 0) is 14.3 Å².